The van der Waals surface area contributed by atoms with Crippen molar-refractivity contribution >= 4 is 16.0 Å². The van der Waals surface area contributed by atoms with E-state index in [2.05, 4.69) is 4.72 Å². The molecular formula is C21H33NO4S. The molecule has 1 aromatic carbocycles. The van der Waals surface area contributed by atoms with Crippen LogP contribution in [-0.4, -0.2) is 27.5 Å². The molecule has 0 amide bonds. The molecule has 1 aliphatic rings. The van der Waals surface area contributed by atoms with Gasteiger partial charge in [-0.05, 0) is 74.8 Å². The molecule has 0 aromatic heterocycles. The van der Waals surface area contributed by atoms with Crippen LogP contribution >= 0.6 is 0 Å². The fourth-order valence-electron chi connectivity index (χ4n) is 4.21. The van der Waals surface area contributed by atoms with Crippen molar-refractivity contribution in [1.82, 2.24) is 4.72 Å². The van der Waals surface area contributed by atoms with Crippen LogP contribution in [0.15, 0.2) is 4.90 Å². The average molecular weight is 396 g/mol. The number of benzene rings is 1. The number of carbonyl (C=O) groups is 1. The predicted molar refractivity (Wildman–Crippen MR) is 107 cm³/mol. The number of rotatable bonds is 6. The summed E-state index contributed by atoms with van der Waals surface area (Å²) >= 11 is 0. The molecule has 1 atom stereocenters. The van der Waals surface area contributed by atoms with Gasteiger partial charge in [0.05, 0.1) is 12.0 Å². The molecule has 1 saturated carbocycles. The molecule has 0 aliphatic heterocycles. The van der Waals surface area contributed by atoms with Gasteiger partial charge in [0.1, 0.15) is 6.04 Å². The van der Waals surface area contributed by atoms with Gasteiger partial charge in [0.15, 0.2) is 0 Å². The summed E-state index contributed by atoms with van der Waals surface area (Å²) in [6.45, 7) is 9.55. The Morgan fingerprint density at radius 1 is 0.963 bits per heavy atom. The highest BCUT2D eigenvalue weighted by molar-refractivity contribution is 7.89. The van der Waals surface area contributed by atoms with Gasteiger partial charge < -0.3 is 4.74 Å². The van der Waals surface area contributed by atoms with Gasteiger partial charge in [0, 0.05) is 0 Å². The first-order valence-electron chi connectivity index (χ1n) is 9.77. The Kier molecular flexibility index (Phi) is 7.09. The van der Waals surface area contributed by atoms with E-state index in [4.69, 9.17) is 4.74 Å². The van der Waals surface area contributed by atoms with Crippen molar-refractivity contribution in [3.05, 3.63) is 27.8 Å². The minimum Gasteiger partial charge on any atom is -0.468 e. The van der Waals surface area contributed by atoms with E-state index in [1.165, 1.54) is 13.5 Å². The van der Waals surface area contributed by atoms with E-state index in [-0.39, 0.29) is 0 Å². The zero-order valence-corrected chi connectivity index (χ0v) is 18.3. The number of methoxy groups -OCH3 is 1. The van der Waals surface area contributed by atoms with Crippen LogP contribution in [0.25, 0.3) is 0 Å². The summed E-state index contributed by atoms with van der Waals surface area (Å²) in [7, 11) is -2.53. The van der Waals surface area contributed by atoms with E-state index >= 15 is 0 Å². The summed E-state index contributed by atoms with van der Waals surface area (Å²) in [4.78, 5) is 12.6. The largest absolute Gasteiger partial charge is 0.468 e. The Balaban J connectivity index is 2.38. The van der Waals surface area contributed by atoms with Crippen molar-refractivity contribution in [2.24, 2.45) is 5.92 Å². The lowest BCUT2D eigenvalue weighted by molar-refractivity contribution is -0.143. The number of hydrogen-bond acceptors (Lipinski definition) is 4. The zero-order valence-electron chi connectivity index (χ0n) is 17.4. The summed E-state index contributed by atoms with van der Waals surface area (Å²) in [5.41, 5.74) is 4.53. The van der Waals surface area contributed by atoms with Gasteiger partial charge in [-0.3, -0.25) is 4.79 Å². The molecule has 1 fully saturated rings. The summed E-state index contributed by atoms with van der Waals surface area (Å²) in [6.07, 6.45) is 6.06. The van der Waals surface area contributed by atoms with Crippen LogP contribution in [0.4, 0.5) is 0 Å². The Bertz CT molecular complexity index is 779. The normalized spacial score (nSPS) is 17.0. The van der Waals surface area contributed by atoms with Gasteiger partial charge in [-0.1, -0.05) is 32.1 Å². The van der Waals surface area contributed by atoms with E-state index in [0.29, 0.717) is 17.2 Å². The maximum absolute atomic E-state index is 13.2. The first kappa shape index (κ1) is 21.9. The highest BCUT2D eigenvalue weighted by Crippen LogP contribution is 2.31. The summed E-state index contributed by atoms with van der Waals surface area (Å²) in [5.74, 6) is -0.158. The van der Waals surface area contributed by atoms with Gasteiger partial charge in [0.25, 0.3) is 0 Å². The molecule has 0 radical (unpaired) electrons. The highest BCUT2D eigenvalue weighted by Gasteiger charge is 2.32. The molecule has 6 heteroatoms. The monoisotopic (exact) mass is 395 g/mol. The maximum atomic E-state index is 13.2. The summed E-state index contributed by atoms with van der Waals surface area (Å²) in [5, 5.41) is 0. The van der Waals surface area contributed by atoms with E-state index in [0.717, 1.165) is 53.5 Å². The second-order valence-electron chi connectivity index (χ2n) is 7.89. The van der Waals surface area contributed by atoms with Gasteiger partial charge in [0.2, 0.25) is 10.0 Å². The molecule has 0 bridgehead atoms. The minimum absolute atomic E-state index is 0.292. The van der Waals surface area contributed by atoms with E-state index in [9.17, 15) is 13.2 Å². The molecule has 2 rings (SSSR count). The topological polar surface area (TPSA) is 72.5 Å². The van der Waals surface area contributed by atoms with Gasteiger partial charge in [-0.2, -0.15) is 4.72 Å². The van der Waals surface area contributed by atoms with E-state index in [1.807, 2.05) is 34.6 Å². The first-order chi connectivity index (χ1) is 12.6. The molecule has 0 unspecified atom stereocenters. The Labute approximate surface area is 163 Å². The summed E-state index contributed by atoms with van der Waals surface area (Å²) < 4.78 is 34.0. The van der Waals surface area contributed by atoms with Gasteiger partial charge in [-0.15, -0.1) is 0 Å². The second kappa shape index (κ2) is 8.74. The Morgan fingerprint density at radius 3 is 1.93 bits per heavy atom. The molecule has 5 nitrogen and oxygen atoms in total. The van der Waals surface area contributed by atoms with Gasteiger partial charge in [-0.25, -0.2) is 8.42 Å². The standard InChI is InChI=1S/C21H33NO4S/c1-13-14(2)16(4)20(17(5)15(13)3)27(24,25)22-19(21(23)26-6)12-18-10-8-7-9-11-18/h18-19,22H,7-12H2,1-6H3/t19-/m0/s1. The number of nitrogens with one attached hydrogen (secondary N) is 1. The molecule has 0 spiro atoms. The van der Waals surface area contributed by atoms with Crippen LogP contribution < -0.4 is 4.72 Å². The van der Waals surface area contributed by atoms with Crippen LogP contribution in [0.1, 0.15) is 66.3 Å². The zero-order chi connectivity index (χ0) is 20.4. The fourth-order valence-corrected chi connectivity index (χ4v) is 6.00. The van der Waals surface area contributed by atoms with Crippen molar-refractivity contribution in [3.8, 4) is 0 Å². The van der Waals surface area contributed by atoms with Crippen LogP contribution in [0, 0.1) is 40.5 Å². The number of carbonyl (C=O) groups excluding carboxylic acids is 1. The Morgan fingerprint density at radius 2 is 1.44 bits per heavy atom. The molecule has 27 heavy (non-hydrogen) atoms. The SMILES string of the molecule is COC(=O)[C@H](CC1CCCCC1)NS(=O)(=O)c1c(C)c(C)c(C)c(C)c1C. The van der Waals surface area contributed by atoms with Crippen LogP contribution in [0.2, 0.25) is 0 Å². The minimum atomic E-state index is -3.84. The lowest BCUT2D eigenvalue weighted by Gasteiger charge is -2.26. The molecule has 152 valence electrons. The maximum Gasteiger partial charge on any atom is 0.323 e. The molecule has 1 N–H and O–H groups in total. The second-order valence-corrected chi connectivity index (χ2v) is 9.54. The third kappa shape index (κ3) is 4.72. The number of hydrogen-bond donors (Lipinski definition) is 1. The number of sulfonamides is 1. The molecule has 1 aromatic rings. The third-order valence-corrected chi connectivity index (χ3v) is 8.02. The highest BCUT2D eigenvalue weighted by atomic mass is 32.2. The first-order valence-corrected chi connectivity index (χ1v) is 11.3. The predicted octanol–water partition coefficient (Wildman–Crippen LogP) is 4.02. The number of ether oxygens (including phenoxy) is 1. The quantitative estimate of drug-likeness (QED) is 0.739. The fraction of sp³-hybridized carbons (Fsp3) is 0.667. The summed E-state index contributed by atoms with van der Waals surface area (Å²) in [6, 6.07) is -0.844. The Hall–Kier alpha value is -1.40. The van der Waals surface area contributed by atoms with Crippen LogP contribution in [0.5, 0.6) is 0 Å². The van der Waals surface area contributed by atoms with Crippen molar-refractivity contribution in [2.45, 2.75) is 84.1 Å². The van der Waals surface area contributed by atoms with Crippen LogP contribution in [0.3, 0.4) is 0 Å². The van der Waals surface area contributed by atoms with E-state index < -0.39 is 22.0 Å². The van der Waals surface area contributed by atoms with Gasteiger partial charge >= 0.3 is 5.97 Å². The molecular weight excluding hydrogens is 362 g/mol. The van der Waals surface area contributed by atoms with Crippen molar-refractivity contribution in [1.29, 1.82) is 0 Å². The third-order valence-electron chi connectivity index (χ3n) is 6.28. The van der Waals surface area contributed by atoms with Crippen LogP contribution in [-0.2, 0) is 19.6 Å². The smallest absolute Gasteiger partial charge is 0.323 e. The van der Waals surface area contributed by atoms with E-state index in [1.54, 1.807) is 0 Å². The molecule has 0 saturated heterocycles. The lowest BCUT2D eigenvalue weighted by atomic mass is 9.85. The van der Waals surface area contributed by atoms with Crippen molar-refractivity contribution in [3.63, 3.8) is 0 Å². The molecule has 1 aliphatic carbocycles. The molecule has 0 heterocycles. The average Bonchev–Trinajstić information content (AvgIpc) is 2.64. The van der Waals surface area contributed by atoms with Crippen molar-refractivity contribution < 1.29 is 17.9 Å². The van der Waals surface area contributed by atoms with Crippen molar-refractivity contribution in [2.75, 3.05) is 7.11 Å². The number of esters is 1. The lowest BCUT2D eigenvalue weighted by Crippen LogP contribution is -2.43.